The fraction of sp³-hybridized carbons (Fsp3) is 1.00. The van der Waals surface area contributed by atoms with Crippen molar-refractivity contribution in [3.8, 4) is 0 Å². The topological polar surface area (TPSA) is 63.4 Å². The van der Waals surface area contributed by atoms with Gasteiger partial charge >= 0.3 is 6.18 Å². The number of alkyl halides is 3. The summed E-state index contributed by atoms with van der Waals surface area (Å²) < 4.78 is 60.7. The van der Waals surface area contributed by atoms with Crippen molar-refractivity contribution in [2.75, 3.05) is 25.4 Å². The molecule has 0 amide bonds. The Balaban J connectivity index is 2.40. The van der Waals surface area contributed by atoms with Crippen LogP contribution in [0.4, 0.5) is 13.2 Å². The highest BCUT2D eigenvalue weighted by atomic mass is 32.2. The number of nitrogens with zero attached hydrogens (tertiary/aromatic N) is 1. The van der Waals surface area contributed by atoms with E-state index in [1.807, 2.05) is 0 Å². The van der Waals surface area contributed by atoms with Crippen LogP contribution in [0.1, 0.15) is 25.7 Å². The van der Waals surface area contributed by atoms with Gasteiger partial charge in [-0.3, -0.25) is 0 Å². The van der Waals surface area contributed by atoms with E-state index < -0.39 is 28.4 Å². The van der Waals surface area contributed by atoms with Gasteiger partial charge < -0.3 is 5.73 Å². The Bertz CT molecular complexity index is 349. The van der Waals surface area contributed by atoms with Gasteiger partial charge in [0.2, 0.25) is 10.0 Å². The van der Waals surface area contributed by atoms with E-state index in [0.29, 0.717) is 38.4 Å². The van der Waals surface area contributed by atoms with Crippen LogP contribution in [-0.2, 0) is 10.0 Å². The molecule has 1 heterocycles. The van der Waals surface area contributed by atoms with E-state index >= 15 is 0 Å². The highest BCUT2D eigenvalue weighted by Crippen LogP contribution is 2.23. The van der Waals surface area contributed by atoms with Crippen LogP contribution in [0.25, 0.3) is 0 Å². The van der Waals surface area contributed by atoms with Crippen molar-refractivity contribution < 1.29 is 21.6 Å². The highest BCUT2D eigenvalue weighted by molar-refractivity contribution is 7.89. The Morgan fingerprint density at radius 3 is 2.22 bits per heavy atom. The van der Waals surface area contributed by atoms with Gasteiger partial charge in [-0.25, -0.2) is 12.7 Å². The second-order valence-electron chi connectivity index (χ2n) is 4.61. The van der Waals surface area contributed by atoms with Gasteiger partial charge in [-0.1, -0.05) is 0 Å². The van der Waals surface area contributed by atoms with Crippen molar-refractivity contribution >= 4 is 10.0 Å². The molecular formula is C10H19F3N2O2S. The van der Waals surface area contributed by atoms with E-state index in [0.717, 1.165) is 0 Å². The van der Waals surface area contributed by atoms with Gasteiger partial charge in [0.05, 0.1) is 5.75 Å². The third-order valence-electron chi connectivity index (χ3n) is 3.16. The van der Waals surface area contributed by atoms with Crippen LogP contribution in [-0.4, -0.2) is 44.3 Å². The van der Waals surface area contributed by atoms with Crippen molar-refractivity contribution in [3.05, 3.63) is 0 Å². The van der Waals surface area contributed by atoms with Crippen molar-refractivity contribution in [2.24, 2.45) is 11.7 Å². The quantitative estimate of drug-likeness (QED) is 0.830. The third kappa shape index (κ3) is 5.11. The normalized spacial score (nSPS) is 20.2. The van der Waals surface area contributed by atoms with E-state index in [4.69, 9.17) is 5.73 Å². The summed E-state index contributed by atoms with van der Waals surface area (Å²) in [5.74, 6) is -0.105. The van der Waals surface area contributed by atoms with Crippen LogP contribution in [0.2, 0.25) is 0 Å². The number of nitrogens with two attached hydrogens (primary N) is 1. The SMILES string of the molecule is NCC1CCN(S(=O)(=O)CCCC(F)(F)F)CC1. The summed E-state index contributed by atoms with van der Waals surface area (Å²) in [6.07, 6.45) is -4.33. The molecule has 0 unspecified atom stereocenters. The minimum absolute atomic E-state index is 0.326. The second-order valence-corrected chi connectivity index (χ2v) is 6.70. The zero-order chi connectivity index (χ0) is 13.8. The summed E-state index contributed by atoms with van der Waals surface area (Å²) in [6, 6.07) is 0. The number of piperidine rings is 1. The lowest BCUT2D eigenvalue weighted by atomic mass is 9.99. The predicted octanol–water partition coefficient (Wildman–Crippen LogP) is 1.33. The molecule has 1 rings (SSSR count). The van der Waals surface area contributed by atoms with Gasteiger partial charge in [0.1, 0.15) is 0 Å². The first-order valence-electron chi connectivity index (χ1n) is 5.99. The Morgan fingerprint density at radius 1 is 1.22 bits per heavy atom. The average molecular weight is 288 g/mol. The molecule has 1 aliphatic rings. The number of hydrogen-bond donors (Lipinski definition) is 1. The molecule has 108 valence electrons. The van der Waals surface area contributed by atoms with Crippen molar-refractivity contribution in [1.82, 2.24) is 4.31 Å². The van der Waals surface area contributed by atoms with Gasteiger partial charge in [-0.05, 0) is 31.7 Å². The fourth-order valence-corrected chi connectivity index (χ4v) is 3.54. The van der Waals surface area contributed by atoms with Gasteiger partial charge in [-0.15, -0.1) is 0 Å². The molecule has 4 nitrogen and oxygen atoms in total. The average Bonchev–Trinajstić information content (AvgIpc) is 2.27. The maximum Gasteiger partial charge on any atom is 0.389 e. The van der Waals surface area contributed by atoms with Crippen LogP contribution in [0.3, 0.4) is 0 Å². The van der Waals surface area contributed by atoms with Gasteiger partial charge in [0, 0.05) is 19.5 Å². The molecule has 0 bridgehead atoms. The largest absolute Gasteiger partial charge is 0.389 e. The van der Waals surface area contributed by atoms with Crippen molar-refractivity contribution in [2.45, 2.75) is 31.9 Å². The van der Waals surface area contributed by atoms with Crippen LogP contribution in [0.5, 0.6) is 0 Å². The van der Waals surface area contributed by atoms with Crippen molar-refractivity contribution in [1.29, 1.82) is 0 Å². The molecule has 8 heteroatoms. The lowest BCUT2D eigenvalue weighted by Gasteiger charge is -2.30. The second kappa shape index (κ2) is 6.21. The molecule has 0 aromatic carbocycles. The molecule has 0 radical (unpaired) electrons. The molecule has 1 saturated heterocycles. The van der Waals surface area contributed by atoms with Gasteiger partial charge in [-0.2, -0.15) is 13.2 Å². The van der Waals surface area contributed by atoms with E-state index in [9.17, 15) is 21.6 Å². The molecule has 0 saturated carbocycles. The molecule has 0 aromatic heterocycles. The van der Waals surface area contributed by atoms with Crippen LogP contribution >= 0.6 is 0 Å². The summed E-state index contributed by atoms with van der Waals surface area (Å²) in [5.41, 5.74) is 5.49. The van der Waals surface area contributed by atoms with E-state index in [-0.39, 0.29) is 6.42 Å². The van der Waals surface area contributed by atoms with E-state index in [1.54, 1.807) is 0 Å². The van der Waals surface area contributed by atoms with E-state index in [1.165, 1.54) is 4.31 Å². The molecule has 1 fully saturated rings. The van der Waals surface area contributed by atoms with E-state index in [2.05, 4.69) is 0 Å². The maximum atomic E-state index is 11.9. The monoisotopic (exact) mass is 288 g/mol. The summed E-state index contributed by atoms with van der Waals surface area (Å²) in [6.45, 7) is 1.27. The molecule has 0 spiro atoms. The Hall–Kier alpha value is -0.340. The van der Waals surface area contributed by atoms with Gasteiger partial charge in [0.25, 0.3) is 0 Å². The minimum Gasteiger partial charge on any atom is -0.330 e. The molecule has 2 N–H and O–H groups in total. The summed E-state index contributed by atoms with van der Waals surface area (Å²) >= 11 is 0. The van der Waals surface area contributed by atoms with Crippen LogP contribution in [0, 0.1) is 5.92 Å². The zero-order valence-electron chi connectivity index (χ0n) is 10.1. The first-order valence-corrected chi connectivity index (χ1v) is 7.60. The lowest BCUT2D eigenvalue weighted by molar-refractivity contribution is -0.134. The third-order valence-corrected chi connectivity index (χ3v) is 5.12. The Labute approximate surface area is 105 Å². The predicted molar refractivity (Wildman–Crippen MR) is 62.4 cm³/mol. The standard InChI is InChI=1S/C10H19F3N2O2S/c11-10(12,13)4-1-7-18(16,17)15-5-2-9(8-14)3-6-15/h9H,1-8,14H2. The number of sulfonamides is 1. The molecular weight excluding hydrogens is 269 g/mol. The molecule has 0 aliphatic carbocycles. The molecule has 1 aliphatic heterocycles. The summed E-state index contributed by atoms with van der Waals surface area (Å²) in [7, 11) is -3.54. The fourth-order valence-electron chi connectivity index (χ4n) is 2.01. The summed E-state index contributed by atoms with van der Waals surface area (Å²) in [5, 5.41) is 0. The Kier molecular flexibility index (Phi) is 5.42. The zero-order valence-corrected chi connectivity index (χ0v) is 10.9. The summed E-state index contributed by atoms with van der Waals surface area (Å²) in [4.78, 5) is 0. The molecule has 0 atom stereocenters. The highest BCUT2D eigenvalue weighted by Gasteiger charge is 2.30. The number of hydrogen-bond acceptors (Lipinski definition) is 3. The number of rotatable bonds is 5. The van der Waals surface area contributed by atoms with Crippen molar-refractivity contribution in [3.63, 3.8) is 0 Å². The van der Waals surface area contributed by atoms with Crippen LogP contribution in [0.15, 0.2) is 0 Å². The molecule has 18 heavy (non-hydrogen) atoms. The van der Waals surface area contributed by atoms with Crippen LogP contribution < -0.4 is 5.73 Å². The Morgan fingerprint density at radius 2 is 1.78 bits per heavy atom. The first kappa shape index (κ1) is 15.7. The maximum absolute atomic E-state index is 11.9. The van der Waals surface area contributed by atoms with Gasteiger partial charge in [0.15, 0.2) is 0 Å². The lowest BCUT2D eigenvalue weighted by Crippen LogP contribution is -2.41. The number of halogens is 3. The first-order chi connectivity index (χ1) is 8.24. The minimum atomic E-state index is -4.29. The smallest absolute Gasteiger partial charge is 0.330 e. The molecule has 0 aromatic rings.